The second-order valence-corrected chi connectivity index (χ2v) is 5.61. The maximum absolute atomic E-state index is 9.20. The summed E-state index contributed by atoms with van der Waals surface area (Å²) in [4.78, 5) is 11.6. The molecule has 1 aromatic heterocycles. The highest BCUT2D eigenvalue weighted by molar-refractivity contribution is 5.50. The molecule has 1 aliphatic carbocycles. The Morgan fingerprint density at radius 2 is 2.00 bits per heavy atom. The molecule has 0 atom stereocenters. The van der Waals surface area contributed by atoms with Gasteiger partial charge in [-0.05, 0) is 31.6 Å². The highest BCUT2D eigenvalue weighted by atomic mass is 16.3. The van der Waals surface area contributed by atoms with Crippen molar-refractivity contribution in [1.82, 2.24) is 9.97 Å². The summed E-state index contributed by atoms with van der Waals surface area (Å²) in [7, 11) is 1.90. The van der Waals surface area contributed by atoms with Crippen LogP contribution in [0.4, 0.5) is 11.6 Å². The molecule has 1 saturated carbocycles. The SMILES string of the molecule is CNc1cc(N2CCC(CO)CC2)nc(C2CC2)n1. The lowest BCUT2D eigenvalue weighted by Gasteiger charge is -2.32. The third kappa shape index (κ3) is 2.81. The minimum Gasteiger partial charge on any atom is -0.396 e. The van der Waals surface area contributed by atoms with Crippen LogP contribution in [0.1, 0.15) is 37.4 Å². The number of hydrogen-bond donors (Lipinski definition) is 2. The molecule has 0 amide bonds. The van der Waals surface area contributed by atoms with Crippen molar-refractivity contribution in [2.45, 2.75) is 31.6 Å². The summed E-state index contributed by atoms with van der Waals surface area (Å²) >= 11 is 0. The van der Waals surface area contributed by atoms with Crippen LogP contribution in [0.15, 0.2) is 6.07 Å². The molecule has 5 heteroatoms. The van der Waals surface area contributed by atoms with Gasteiger partial charge < -0.3 is 15.3 Å². The minimum absolute atomic E-state index is 0.312. The van der Waals surface area contributed by atoms with Crippen molar-refractivity contribution in [2.75, 3.05) is 37.0 Å². The van der Waals surface area contributed by atoms with Gasteiger partial charge in [0.25, 0.3) is 0 Å². The molecular formula is C14H22N4O. The summed E-state index contributed by atoms with van der Waals surface area (Å²) in [6.45, 7) is 2.28. The van der Waals surface area contributed by atoms with E-state index in [2.05, 4.69) is 15.2 Å². The van der Waals surface area contributed by atoms with Crippen molar-refractivity contribution in [3.8, 4) is 0 Å². The van der Waals surface area contributed by atoms with Crippen molar-refractivity contribution in [3.05, 3.63) is 11.9 Å². The largest absolute Gasteiger partial charge is 0.396 e. The Morgan fingerprint density at radius 3 is 2.58 bits per heavy atom. The highest BCUT2D eigenvalue weighted by Gasteiger charge is 2.28. The first-order chi connectivity index (χ1) is 9.30. The highest BCUT2D eigenvalue weighted by Crippen LogP contribution is 2.39. The maximum Gasteiger partial charge on any atom is 0.136 e. The molecular weight excluding hydrogens is 240 g/mol. The first-order valence-electron chi connectivity index (χ1n) is 7.22. The fourth-order valence-corrected chi connectivity index (χ4v) is 2.61. The molecule has 2 heterocycles. The second-order valence-electron chi connectivity index (χ2n) is 5.61. The second kappa shape index (κ2) is 5.33. The molecule has 0 radical (unpaired) electrons. The van der Waals surface area contributed by atoms with Gasteiger partial charge in [0, 0.05) is 38.7 Å². The van der Waals surface area contributed by atoms with E-state index in [1.54, 1.807) is 0 Å². The summed E-state index contributed by atoms with van der Waals surface area (Å²) in [6.07, 6.45) is 4.54. The lowest BCUT2D eigenvalue weighted by molar-refractivity contribution is 0.203. The summed E-state index contributed by atoms with van der Waals surface area (Å²) in [6, 6.07) is 2.03. The standard InChI is InChI=1S/C14H22N4O/c1-15-12-8-13(17-14(16-12)11-2-3-11)18-6-4-10(9-19)5-7-18/h8,10-11,19H,2-7,9H2,1H3,(H,15,16,17). The third-order valence-electron chi connectivity index (χ3n) is 4.13. The van der Waals surface area contributed by atoms with E-state index in [4.69, 9.17) is 4.98 Å². The topological polar surface area (TPSA) is 61.3 Å². The maximum atomic E-state index is 9.20. The third-order valence-corrected chi connectivity index (χ3v) is 4.13. The molecule has 0 aromatic carbocycles. The Bertz CT molecular complexity index is 439. The van der Waals surface area contributed by atoms with E-state index in [0.717, 1.165) is 43.4 Å². The van der Waals surface area contributed by atoms with Gasteiger partial charge in [0.1, 0.15) is 17.5 Å². The molecule has 2 aliphatic rings. The van der Waals surface area contributed by atoms with Crippen LogP contribution in [0.3, 0.4) is 0 Å². The fraction of sp³-hybridized carbons (Fsp3) is 0.714. The van der Waals surface area contributed by atoms with Crippen molar-refractivity contribution in [1.29, 1.82) is 0 Å². The van der Waals surface area contributed by atoms with Gasteiger partial charge in [-0.1, -0.05) is 0 Å². The monoisotopic (exact) mass is 262 g/mol. The number of aliphatic hydroxyl groups excluding tert-OH is 1. The van der Waals surface area contributed by atoms with Gasteiger partial charge in [0.05, 0.1) is 0 Å². The van der Waals surface area contributed by atoms with Gasteiger partial charge >= 0.3 is 0 Å². The average molecular weight is 262 g/mol. The molecule has 2 fully saturated rings. The van der Waals surface area contributed by atoms with Gasteiger partial charge in [-0.3, -0.25) is 0 Å². The summed E-state index contributed by atoms with van der Waals surface area (Å²) in [5, 5.41) is 12.3. The number of aromatic nitrogens is 2. The smallest absolute Gasteiger partial charge is 0.136 e. The first-order valence-corrected chi connectivity index (χ1v) is 7.22. The number of nitrogens with zero attached hydrogens (tertiary/aromatic N) is 3. The summed E-state index contributed by atoms with van der Waals surface area (Å²) < 4.78 is 0. The van der Waals surface area contributed by atoms with E-state index >= 15 is 0 Å². The predicted molar refractivity (Wildman–Crippen MR) is 75.6 cm³/mol. The van der Waals surface area contributed by atoms with Crippen LogP contribution in [-0.2, 0) is 0 Å². The zero-order valence-electron chi connectivity index (χ0n) is 11.5. The Hall–Kier alpha value is -1.36. The van der Waals surface area contributed by atoms with E-state index in [0.29, 0.717) is 18.4 Å². The van der Waals surface area contributed by atoms with E-state index in [1.165, 1.54) is 12.8 Å². The van der Waals surface area contributed by atoms with Gasteiger partial charge in [0.2, 0.25) is 0 Å². The molecule has 0 spiro atoms. The van der Waals surface area contributed by atoms with Gasteiger partial charge in [-0.2, -0.15) is 0 Å². The van der Waals surface area contributed by atoms with Crippen molar-refractivity contribution >= 4 is 11.6 Å². The predicted octanol–water partition coefficient (Wildman–Crippen LogP) is 1.60. The number of rotatable bonds is 4. The summed E-state index contributed by atoms with van der Waals surface area (Å²) in [5.74, 6) is 3.98. The molecule has 19 heavy (non-hydrogen) atoms. The van der Waals surface area contributed by atoms with Gasteiger partial charge in [-0.25, -0.2) is 9.97 Å². The number of anilines is 2. The Kier molecular flexibility index (Phi) is 3.55. The summed E-state index contributed by atoms with van der Waals surface area (Å²) in [5.41, 5.74) is 0. The quantitative estimate of drug-likeness (QED) is 0.863. The van der Waals surface area contributed by atoms with E-state index in [-0.39, 0.29) is 0 Å². The number of hydrogen-bond acceptors (Lipinski definition) is 5. The number of aliphatic hydroxyl groups is 1. The Labute approximate surface area is 114 Å². The molecule has 1 aromatic rings. The Balaban J connectivity index is 1.77. The van der Waals surface area contributed by atoms with Crippen LogP contribution in [-0.4, -0.2) is 41.8 Å². The Morgan fingerprint density at radius 1 is 1.26 bits per heavy atom. The molecule has 5 nitrogen and oxygen atoms in total. The molecule has 2 N–H and O–H groups in total. The zero-order chi connectivity index (χ0) is 13.2. The fourth-order valence-electron chi connectivity index (χ4n) is 2.61. The first kappa shape index (κ1) is 12.7. The van der Waals surface area contributed by atoms with E-state index in [9.17, 15) is 5.11 Å². The lowest BCUT2D eigenvalue weighted by atomic mass is 9.98. The van der Waals surface area contributed by atoms with Crippen LogP contribution in [0.25, 0.3) is 0 Å². The minimum atomic E-state index is 0.312. The molecule has 3 rings (SSSR count). The van der Waals surface area contributed by atoms with Crippen LogP contribution >= 0.6 is 0 Å². The van der Waals surface area contributed by atoms with Crippen LogP contribution in [0, 0.1) is 5.92 Å². The molecule has 1 saturated heterocycles. The normalized spacial score (nSPS) is 20.6. The number of nitrogens with one attached hydrogen (secondary N) is 1. The van der Waals surface area contributed by atoms with Crippen molar-refractivity contribution in [2.24, 2.45) is 5.92 Å². The van der Waals surface area contributed by atoms with Crippen LogP contribution < -0.4 is 10.2 Å². The lowest BCUT2D eigenvalue weighted by Crippen LogP contribution is -2.35. The molecule has 1 aliphatic heterocycles. The van der Waals surface area contributed by atoms with Crippen LogP contribution in [0.2, 0.25) is 0 Å². The zero-order valence-corrected chi connectivity index (χ0v) is 11.5. The van der Waals surface area contributed by atoms with Crippen LogP contribution in [0.5, 0.6) is 0 Å². The average Bonchev–Trinajstić information content (AvgIpc) is 3.31. The van der Waals surface area contributed by atoms with Gasteiger partial charge in [-0.15, -0.1) is 0 Å². The van der Waals surface area contributed by atoms with E-state index < -0.39 is 0 Å². The van der Waals surface area contributed by atoms with Crippen molar-refractivity contribution < 1.29 is 5.11 Å². The molecule has 0 bridgehead atoms. The number of piperidine rings is 1. The van der Waals surface area contributed by atoms with E-state index in [1.807, 2.05) is 13.1 Å². The molecule has 104 valence electrons. The van der Waals surface area contributed by atoms with Crippen molar-refractivity contribution in [3.63, 3.8) is 0 Å². The van der Waals surface area contributed by atoms with Gasteiger partial charge in [0.15, 0.2) is 0 Å². The molecule has 0 unspecified atom stereocenters.